The Hall–Kier alpha value is -1.50. The van der Waals surface area contributed by atoms with Crippen LogP contribution < -0.4 is 4.90 Å². The Bertz CT molecular complexity index is 533. The van der Waals surface area contributed by atoms with Crippen molar-refractivity contribution < 1.29 is 18.4 Å². The summed E-state index contributed by atoms with van der Waals surface area (Å²) in [6.07, 6.45) is 0.775. The van der Waals surface area contributed by atoms with E-state index >= 15 is 0 Å². The molecule has 5 nitrogen and oxygen atoms in total. The van der Waals surface area contributed by atoms with Crippen molar-refractivity contribution in [3.05, 3.63) is 11.8 Å². The summed E-state index contributed by atoms with van der Waals surface area (Å²) in [5.74, 6) is -3.72. The van der Waals surface area contributed by atoms with Crippen LogP contribution in [0, 0.1) is 0 Å². The molecule has 20 heavy (non-hydrogen) atoms. The van der Waals surface area contributed by atoms with Gasteiger partial charge in [0, 0.05) is 31.8 Å². The van der Waals surface area contributed by atoms with Crippen LogP contribution in [0.15, 0.2) is 6.07 Å². The molecule has 0 N–H and O–H groups in total. The molecule has 0 saturated heterocycles. The Kier molecular flexibility index (Phi) is 4.08. The first kappa shape index (κ1) is 14.9. The van der Waals surface area contributed by atoms with E-state index in [9.17, 15) is 18.4 Å². The molecule has 8 heteroatoms. The first-order chi connectivity index (χ1) is 9.40. The molecule has 1 unspecified atom stereocenters. The van der Waals surface area contributed by atoms with Gasteiger partial charge in [0.25, 0.3) is 5.92 Å². The molecule has 1 amide bonds. The number of aromatic nitrogens is 2. The molecule has 2 rings (SSSR count). The standard InChI is InChI=1S/C12H14ClF2N3O2/c1-17(7-19)10-5-9(8-6-12(8,14)15)18(16-10)11(20)3-2-4-13/h5,7-8H,2-4,6H2,1H3. The van der Waals surface area contributed by atoms with E-state index in [1.54, 1.807) is 0 Å². The Morgan fingerprint density at radius 3 is 2.85 bits per heavy atom. The molecule has 1 fully saturated rings. The largest absolute Gasteiger partial charge is 0.301 e. The average molecular weight is 306 g/mol. The van der Waals surface area contributed by atoms with Crippen LogP contribution in [0.25, 0.3) is 0 Å². The second-order valence-corrected chi connectivity index (χ2v) is 5.14. The molecule has 1 aromatic heterocycles. The molecular weight excluding hydrogens is 292 g/mol. The number of hydrogen-bond donors (Lipinski definition) is 0. The van der Waals surface area contributed by atoms with Gasteiger partial charge in [0.05, 0.1) is 11.6 Å². The van der Waals surface area contributed by atoms with Crippen molar-refractivity contribution in [2.45, 2.75) is 31.1 Å². The highest BCUT2D eigenvalue weighted by atomic mass is 35.5. The summed E-state index contributed by atoms with van der Waals surface area (Å²) in [6.45, 7) is 0. The Balaban J connectivity index is 2.30. The van der Waals surface area contributed by atoms with E-state index in [1.807, 2.05) is 0 Å². The molecule has 1 saturated carbocycles. The van der Waals surface area contributed by atoms with Crippen molar-refractivity contribution >= 4 is 29.7 Å². The van der Waals surface area contributed by atoms with Gasteiger partial charge < -0.3 is 4.90 Å². The number of alkyl halides is 3. The molecule has 1 atom stereocenters. The first-order valence-electron chi connectivity index (χ1n) is 6.15. The molecule has 0 aromatic carbocycles. The molecule has 110 valence electrons. The van der Waals surface area contributed by atoms with Crippen molar-refractivity contribution in [1.29, 1.82) is 0 Å². The third kappa shape index (κ3) is 2.82. The SMILES string of the molecule is CN(C=O)c1cc(C2CC2(F)F)n(C(=O)CCCCl)n1. The Morgan fingerprint density at radius 2 is 2.35 bits per heavy atom. The minimum Gasteiger partial charge on any atom is -0.301 e. The van der Waals surface area contributed by atoms with Crippen LogP contribution in [0.3, 0.4) is 0 Å². The predicted molar refractivity (Wildman–Crippen MR) is 69.6 cm³/mol. The minimum absolute atomic E-state index is 0.126. The fourth-order valence-corrected chi connectivity index (χ4v) is 2.05. The molecule has 1 heterocycles. The topological polar surface area (TPSA) is 55.2 Å². The second kappa shape index (κ2) is 5.47. The van der Waals surface area contributed by atoms with Crippen LogP contribution in [-0.4, -0.2) is 40.9 Å². The van der Waals surface area contributed by atoms with Crippen LogP contribution >= 0.6 is 11.6 Å². The highest BCUT2D eigenvalue weighted by molar-refractivity contribution is 6.17. The molecule has 0 spiro atoms. The van der Waals surface area contributed by atoms with Crippen LogP contribution in [-0.2, 0) is 4.79 Å². The van der Waals surface area contributed by atoms with Crippen LogP contribution in [0.4, 0.5) is 14.6 Å². The maximum Gasteiger partial charge on any atom is 0.257 e. The van der Waals surface area contributed by atoms with E-state index < -0.39 is 17.7 Å². The summed E-state index contributed by atoms with van der Waals surface area (Å²) in [5, 5.41) is 3.95. The number of anilines is 1. The van der Waals surface area contributed by atoms with Crippen molar-refractivity contribution in [2.24, 2.45) is 0 Å². The summed E-state index contributed by atoms with van der Waals surface area (Å²) in [7, 11) is 1.44. The van der Waals surface area contributed by atoms with Gasteiger partial charge in [-0.1, -0.05) is 0 Å². The van der Waals surface area contributed by atoms with Crippen molar-refractivity contribution in [1.82, 2.24) is 9.78 Å². The molecule has 1 aromatic rings. The summed E-state index contributed by atoms with van der Waals surface area (Å²) < 4.78 is 27.4. The molecule has 1 aliphatic carbocycles. The normalized spacial score (nSPS) is 19.7. The van der Waals surface area contributed by atoms with Gasteiger partial charge in [-0.15, -0.1) is 16.7 Å². The molecular formula is C12H14ClF2N3O2. The molecule has 0 aliphatic heterocycles. The van der Waals surface area contributed by atoms with Gasteiger partial charge in [-0.05, 0) is 6.42 Å². The average Bonchev–Trinajstić information content (AvgIpc) is 2.88. The third-order valence-electron chi connectivity index (χ3n) is 3.19. The van der Waals surface area contributed by atoms with Crippen molar-refractivity contribution in [3.63, 3.8) is 0 Å². The number of carbonyl (C=O) groups is 2. The summed E-state index contributed by atoms with van der Waals surface area (Å²) >= 11 is 5.51. The lowest BCUT2D eigenvalue weighted by molar-refractivity contribution is -0.107. The first-order valence-corrected chi connectivity index (χ1v) is 6.69. The lowest BCUT2D eigenvalue weighted by Crippen LogP contribution is -2.18. The second-order valence-electron chi connectivity index (χ2n) is 4.76. The van der Waals surface area contributed by atoms with E-state index in [0.29, 0.717) is 18.7 Å². The zero-order valence-corrected chi connectivity index (χ0v) is 11.6. The summed E-state index contributed by atoms with van der Waals surface area (Å²) in [4.78, 5) is 23.8. The molecule has 0 bridgehead atoms. The number of halogens is 3. The van der Waals surface area contributed by atoms with Gasteiger partial charge >= 0.3 is 0 Å². The van der Waals surface area contributed by atoms with E-state index in [2.05, 4.69) is 5.10 Å². The van der Waals surface area contributed by atoms with E-state index in [1.165, 1.54) is 13.1 Å². The lowest BCUT2D eigenvalue weighted by Gasteiger charge is -2.05. The number of nitrogens with zero attached hydrogens (tertiary/aromatic N) is 3. The van der Waals surface area contributed by atoms with Crippen molar-refractivity contribution in [3.8, 4) is 0 Å². The Labute approximate surface area is 119 Å². The highest BCUT2D eigenvalue weighted by Crippen LogP contribution is 2.56. The number of rotatable bonds is 6. The minimum atomic E-state index is -2.80. The number of hydrogen-bond acceptors (Lipinski definition) is 3. The highest BCUT2D eigenvalue weighted by Gasteiger charge is 2.59. The van der Waals surface area contributed by atoms with Crippen LogP contribution in [0.1, 0.15) is 35.7 Å². The quantitative estimate of drug-likeness (QED) is 0.598. The summed E-state index contributed by atoms with van der Waals surface area (Å²) in [6, 6.07) is 1.36. The fraction of sp³-hybridized carbons (Fsp3) is 0.583. The zero-order chi connectivity index (χ0) is 14.9. The van der Waals surface area contributed by atoms with Gasteiger partial charge in [0.2, 0.25) is 12.3 Å². The smallest absolute Gasteiger partial charge is 0.257 e. The summed E-state index contributed by atoms with van der Waals surface area (Å²) in [5.41, 5.74) is 0.151. The maximum atomic E-state index is 13.2. The van der Waals surface area contributed by atoms with Crippen LogP contribution in [0.2, 0.25) is 0 Å². The lowest BCUT2D eigenvalue weighted by atomic mass is 10.2. The number of amides is 1. The monoisotopic (exact) mass is 305 g/mol. The number of carbonyl (C=O) groups excluding carboxylic acids is 2. The van der Waals surface area contributed by atoms with Gasteiger partial charge in [0.1, 0.15) is 0 Å². The van der Waals surface area contributed by atoms with Crippen LogP contribution in [0.5, 0.6) is 0 Å². The molecule has 1 aliphatic rings. The predicted octanol–water partition coefficient (Wildman–Crippen LogP) is 2.26. The third-order valence-corrected chi connectivity index (χ3v) is 3.45. The zero-order valence-electron chi connectivity index (χ0n) is 10.9. The van der Waals surface area contributed by atoms with Gasteiger partial charge in [-0.3, -0.25) is 9.59 Å². The van der Waals surface area contributed by atoms with E-state index in [-0.39, 0.29) is 24.4 Å². The fourth-order valence-electron chi connectivity index (χ4n) is 1.91. The van der Waals surface area contributed by atoms with E-state index in [4.69, 9.17) is 11.6 Å². The Morgan fingerprint density at radius 1 is 1.70 bits per heavy atom. The van der Waals surface area contributed by atoms with Gasteiger partial charge in [0.15, 0.2) is 5.82 Å². The molecule has 0 radical (unpaired) electrons. The van der Waals surface area contributed by atoms with Gasteiger partial charge in [-0.25, -0.2) is 13.5 Å². The maximum absolute atomic E-state index is 13.2. The van der Waals surface area contributed by atoms with Crippen molar-refractivity contribution in [2.75, 3.05) is 17.8 Å². The van der Waals surface area contributed by atoms with E-state index in [0.717, 1.165) is 9.58 Å². The van der Waals surface area contributed by atoms with Gasteiger partial charge in [-0.2, -0.15) is 0 Å².